The van der Waals surface area contributed by atoms with Gasteiger partial charge in [0, 0.05) is 23.6 Å². The van der Waals surface area contributed by atoms with Crippen molar-refractivity contribution >= 4 is 22.9 Å². The lowest BCUT2D eigenvalue weighted by Crippen LogP contribution is -2.16. The van der Waals surface area contributed by atoms with Crippen LogP contribution in [-0.2, 0) is 16.0 Å². The average molecular weight is 420 g/mol. The van der Waals surface area contributed by atoms with Crippen LogP contribution in [0.25, 0.3) is 17.0 Å². The number of esters is 1. The summed E-state index contributed by atoms with van der Waals surface area (Å²) in [6.45, 7) is 6.10. The van der Waals surface area contributed by atoms with E-state index in [9.17, 15) is 9.59 Å². The number of hydrogen-bond acceptors (Lipinski definition) is 6. The van der Waals surface area contributed by atoms with Gasteiger partial charge in [-0.3, -0.25) is 4.79 Å². The maximum atomic E-state index is 12.4. The lowest BCUT2D eigenvalue weighted by Gasteiger charge is -2.12. The second kappa shape index (κ2) is 8.63. The van der Waals surface area contributed by atoms with Gasteiger partial charge >= 0.3 is 5.97 Å². The maximum Gasteiger partial charge on any atom is 0.331 e. The maximum absolute atomic E-state index is 12.4. The molecular weight excluding hydrogens is 396 g/mol. The minimum absolute atomic E-state index is 0.117. The third-order valence-electron chi connectivity index (χ3n) is 5.04. The highest BCUT2D eigenvalue weighted by Gasteiger charge is 2.21. The summed E-state index contributed by atoms with van der Waals surface area (Å²) in [6.07, 6.45) is 3.20. The molecule has 2 aromatic carbocycles. The van der Waals surface area contributed by atoms with E-state index < -0.39 is 12.1 Å². The van der Waals surface area contributed by atoms with Crippen LogP contribution in [0.2, 0.25) is 0 Å². The third-order valence-corrected chi connectivity index (χ3v) is 5.04. The molecule has 1 aliphatic rings. The lowest BCUT2D eigenvalue weighted by molar-refractivity contribution is -0.142. The number of para-hydroxylation sites is 1. The molecule has 4 rings (SSSR count). The van der Waals surface area contributed by atoms with Crippen molar-refractivity contribution in [3.8, 4) is 11.5 Å². The Morgan fingerprint density at radius 3 is 2.97 bits per heavy atom. The molecule has 1 N–H and O–H groups in total. The van der Waals surface area contributed by atoms with Crippen molar-refractivity contribution in [1.82, 2.24) is 9.97 Å². The van der Waals surface area contributed by atoms with E-state index in [1.807, 2.05) is 26.0 Å². The molecule has 160 valence electrons. The van der Waals surface area contributed by atoms with Crippen molar-refractivity contribution in [2.75, 3.05) is 6.61 Å². The molecule has 7 heteroatoms. The van der Waals surface area contributed by atoms with E-state index in [1.54, 1.807) is 37.3 Å². The van der Waals surface area contributed by atoms with E-state index in [2.05, 4.69) is 9.97 Å². The summed E-state index contributed by atoms with van der Waals surface area (Å²) in [5.74, 6) is 1.23. The number of ether oxygens (including phenoxy) is 3. The van der Waals surface area contributed by atoms with Crippen LogP contribution in [0.1, 0.15) is 43.8 Å². The Bertz CT molecular complexity index is 1210. The number of nitrogens with one attached hydrogen (secondary N) is 1. The van der Waals surface area contributed by atoms with Gasteiger partial charge in [0.05, 0.1) is 17.5 Å². The number of carbonyl (C=O) groups is 1. The Hall–Kier alpha value is -3.61. The average Bonchev–Trinajstić information content (AvgIpc) is 3.11. The Morgan fingerprint density at radius 2 is 2.16 bits per heavy atom. The summed E-state index contributed by atoms with van der Waals surface area (Å²) in [5.41, 5.74) is 2.10. The number of benzene rings is 2. The number of fused-ring (bicyclic) bond motifs is 2. The highest BCUT2D eigenvalue weighted by molar-refractivity contribution is 5.88. The van der Waals surface area contributed by atoms with Crippen LogP contribution in [0.4, 0.5) is 0 Å². The molecular formula is C24H24N2O5. The zero-order valence-electron chi connectivity index (χ0n) is 17.7. The largest absolute Gasteiger partial charge is 0.493 e. The standard InChI is InChI=1S/C24H24N2O5/c1-4-29-20-13-17-11-14(2)30-21(17)12-16(20)9-10-22(27)31-15(3)23-25-19-8-6-5-7-18(19)24(28)26-23/h5-10,12-15H,4,11H2,1-3H3,(H,25,26,28)/b10-9+/t14-,15-/m0/s1. The summed E-state index contributed by atoms with van der Waals surface area (Å²) in [6, 6.07) is 10.8. The molecule has 0 unspecified atom stereocenters. The van der Waals surface area contributed by atoms with Gasteiger partial charge in [0.1, 0.15) is 17.6 Å². The van der Waals surface area contributed by atoms with E-state index >= 15 is 0 Å². The SMILES string of the molecule is CCOc1cc2c(cc1/C=C/C(=O)O[C@@H](C)c1nc3ccccc3c(=O)[nH]1)O[C@@H](C)C2. The van der Waals surface area contributed by atoms with Crippen LogP contribution in [-0.4, -0.2) is 28.6 Å². The van der Waals surface area contributed by atoms with Gasteiger partial charge in [-0.25, -0.2) is 9.78 Å². The molecule has 0 radical (unpaired) electrons. The van der Waals surface area contributed by atoms with Crippen molar-refractivity contribution < 1.29 is 19.0 Å². The van der Waals surface area contributed by atoms with Gasteiger partial charge in [-0.1, -0.05) is 12.1 Å². The molecule has 7 nitrogen and oxygen atoms in total. The number of aromatic nitrogens is 2. The number of H-pyrrole nitrogens is 1. The van der Waals surface area contributed by atoms with Crippen LogP contribution in [0.3, 0.4) is 0 Å². The summed E-state index contributed by atoms with van der Waals surface area (Å²) in [5, 5.41) is 0.487. The molecule has 0 fully saturated rings. The zero-order chi connectivity index (χ0) is 22.0. The lowest BCUT2D eigenvalue weighted by atomic mass is 10.1. The van der Waals surface area contributed by atoms with Crippen LogP contribution in [0.15, 0.2) is 47.3 Å². The quantitative estimate of drug-likeness (QED) is 0.479. The number of aromatic amines is 1. The monoisotopic (exact) mass is 420 g/mol. The molecule has 2 atom stereocenters. The number of hydrogen-bond donors (Lipinski definition) is 1. The minimum atomic E-state index is -0.718. The Labute approximate surface area is 179 Å². The molecule has 2 heterocycles. The van der Waals surface area contributed by atoms with E-state index in [1.165, 1.54) is 6.08 Å². The van der Waals surface area contributed by atoms with E-state index in [0.29, 0.717) is 29.1 Å². The first-order valence-corrected chi connectivity index (χ1v) is 10.3. The molecule has 0 spiro atoms. The van der Waals surface area contributed by atoms with Crippen LogP contribution >= 0.6 is 0 Å². The molecule has 0 bridgehead atoms. The summed E-state index contributed by atoms with van der Waals surface area (Å²) >= 11 is 0. The summed E-state index contributed by atoms with van der Waals surface area (Å²) in [7, 11) is 0. The first-order chi connectivity index (χ1) is 14.9. The Morgan fingerprint density at radius 1 is 1.35 bits per heavy atom. The number of rotatable bonds is 6. The highest BCUT2D eigenvalue weighted by atomic mass is 16.5. The van der Waals surface area contributed by atoms with Crippen molar-refractivity contribution in [2.24, 2.45) is 0 Å². The number of carbonyl (C=O) groups excluding carboxylic acids is 1. The molecule has 0 amide bonds. The van der Waals surface area contributed by atoms with Crippen molar-refractivity contribution in [3.63, 3.8) is 0 Å². The smallest absolute Gasteiger partial charge is 0.331 e. The topological polar surface area (TPSA) is 90.5 Å². The van der Waals surface area contributed by atoms with Gasteiger partial charge in [-0.2, -0.15) is 0 Å². The van der Waals surface area contributed by atoms with Gasteiger partial charge < -0.3 is 19.2 Å². The molecule has 0 aliphatic carbocycles. The van der Waals surface area contributed by atoms with Gasteiger partial charge in [0.2, 0.25) is 0 Å². The highest BCUT2D eigenvalue weighted by Crippen LogP contribution is 2.35. The first-order valence-electron chi connectivity index (χ1n) is 10.3. The molecule has 0 saturated heterocycles. The second-order valence-electron chi connectivity index (χ2n) is 7.44. The van der Waals surface area contributed by atoms with Gasteiger partial charge in [0.25, 0.3) is 5.56 Å². The van der Waals surface area contributed by atoms with Crippen molar-refractivity contribution in [2.45, 2.75) is 39.4 Å². The fourth-order valence-electron chi connectivity index (χ4n) is 3.59. The predicted octanol–water partition coefficient (Wildman–Crippen LogP) is 3.96. The Balaban J connectivity index is 1.51. The molecule has 1 aliphatic heterocycles. The summed E-state index contributed by atoms with van der Waals surface area (Å²) < 4.78 is 17.0. The first kappa shape index (κ1) is 20.7. The van der Waals surface area contributed by atoms with Gasteiger partial charge in [-0.05, 0) is 51.1 Å². The molecule has 31 heavy (non-hydrogen) atoms. The van der Waals surface area contributed by atoms with Gasteiger partial charge in [-0.15, -0.1) is 0 Å². The molecule has 0 saturated carbocycles. The predicted molar refractivity (Wildman–Crippen MR) is 117 cm³/mol. The van der Waals surface area contributed by atoms with Crippen LogP contribution in [0, 0.1) is 0 Å². The van der Waals surface area contributed by atoms with Gasteiger partial charge in [0.15, 0.2) is 11.9 Å². The molecule has 1 aromatic heterocycles. The van der Waals surface area contributed by atoms with E-state index in [-0.39, 0.29) is 11.7 Å². The molecule has 3 aromatic rings. The fourth-order valence-corrected chi connectivity index (χ4v) is 3.59. The normalized spacial score (nSPS) is 16.2. The third kappa shape index (κ3) is 4.45. The zero-order valence-corrected chi connectivity index (χ0v) is 17.7. The van der Waals surface area contributed by atoms with Crippen LogP contribution < -0.4 is 15.0 Å². The Kier molecular flexibility index (Phi) is 5.75. The minimum Gasteiger partial charge on any atom is -0.493 e. The fraction of sp³-hybridized carbons (Fsp3) is 0.292. The van der Waals surface area contributed by atoms with Crippen LogP contribution in [0.5, 0.6) is 11.5 Å². The summed E-state index contributed by atoms with van der Waals surface area (Å²) in [4.78, 5) is 31.7. The van der Waals surface area contributed by atoms with Crippen molar-refractivity contribution in [1.29, 1.82) is 0 Å². The van der Waals surface area contributed by atoms with E-state index in [4.69, 9.17) is 14.2 Å². The van der Waals surface area contributed by atoms with Crippen molar-refractivity contribution in [3.05, 3.63) is 69.8 Å². The number of nitrogens with zero attached hydrogens (tertiary/aromatic N) is 1. The second-order valence-corrected chi connectivity index (χ2v) is 7.44. The van der Waals surface area contributed by atoms with E-state index in [0.717, 1.165) is 23.3 Å².